The van der Waals surface area contributed by atoms with Crippen LogP contribution in [-0.4, -0.2) is 14.5 Å². The first-order valence-electron chi connectivity index (χ1n) is 5.72. The van der Waals surface area contributed by atoms with Crippen molar-refractivity contribution in [2.24, 2.45) is 5.73 Å². The number of aryl methyl sites for hydroxylation is 1. The largest absolute Gasteiger partial charge is 0.326 e. The van der Waals surface area contributed by atoms with E-state index >= 15 is 0 Å². The van der Waals surface area contributed by atoms with Gasteiger partial charge in [-0.05, 0) is 37.5 Å². The lowest BCUT2D eigenvalue weighted by molar-refractivity contribution is 0.555. The molecule has 96 valence electrons. The van der Waals surface area contributed by atoms with E-state index in [1.165, 1.54) is 0 Å². The Hall–Kier alpha value is -0.910. The molecule has 3 N–H and O–H groups in total. The molecule has 0 aliphatic rings. The molecule has 5 heteroatoms. The van der Waals surface area contributed by atoms with Crippen molar-refractivity contribution in [2.45, 2.75) is 44.7 Å². The summed E-state index contributed by atoms with van der Waals surface area (Å²) in [6, 6.07) is 5.11. The Morgan fingerprint density at radius 1 is 1.41 bits per heavy atom. The fraction of sp³-hybridized carbons (Fsp3) is 0.500. The van der Waals surface area contributed by atoms with E-state index < -0.39 is 10.0 Å². The van der Waals surface area contributed by atoms with Crippen molar-refractivity contribution in [3.8, 4) is 0 Å². The second-order valence-corrected chi connectivity index (χ2v) is 5.92. The van der Waals surface area contributed by atoms with Gasteiger partial charge in [-0.1, -0.05) is 19.1 Å². The first-order chi connectivity index (χ1) is 7.90. The van der Waals surface area contributed by atoms with Crippen LogP contribution < -0.4 is 10.5 Å². The molecule has 0 spiro atoms. The molecule has 0 amide bonds. The lowest BCUT2D eigenvalue weighted by atomic mass is 10.1. The quantitative estimate of drug-likeness (QED) is 0.839. The minimum atomic E-state index is -3.42. The number of nitrogens with two attached hydrogens (primary N) is 1. The number of hydrogen-bond donors (Lipinski definition) is 2. The molecule has 1 unspecified atom stereocenters. The summed E-state index contributed by atoms with van der Waals surface area (Å²) in [5, 5.41) is 0. The number of sulfonamides is 1. The van der Waals surface area contributed by atoms with E-state index in [0.717, 1.165) is 17.5 Å². The van der Waals surface area contributed by atoms with E-state index in [1.807, 2.05) is 19.9 Å². The van der Waals surface area contributed by atoms with Gasteiger partial charge in [0.25, 0.3) is 0 Å². The highest BCUT2D eigenvalue weighted by Crippen LogP contribution is 2.17. The van der Waals surface area contributed by atoms with E-state index in [9.17, 15) is 8.42 Å². The smallest absolute Gasteiger partial charge is 0.241 e. The van der Waals surface area contributed by atoms with Gasteiger partial charge in [-0.2, -0.15) is 0 Å². The predicted octanol–water partition coefficient (Wildman–Crippen LogP) is 1.53. The Balaban J connectivity index is 3.07. The van der Waals surface area contributed by atoms with Gasteiger partial charge in [-0.15, -0.1) is 0 Å². The van der Waals surface area contributed by atoms with Crippen molar-refractivity contribution < 1.29 is 8.42 Å². The molecular weight excluding hydrogens is 236 g/mol. The first kappa shape index (κ1) is 14.2. The van der Waals surface area contributed by atoms with Gasteiger partial charge in [0.1, 0.15) is 0 Å². The molecule has 1 atom stereocenters. The van der Waals surface area contributed by atoms with Gasteiger partial charge in [-0.25, -0.2) is 13.1 Å². The summed E-state index contributed by atoms with van der Waals surface area (Å²) in [4.78, 5) is 0.329. The zero-order valence-electron chi connectivity index (χ0n) is 10.5. The average molecular weight is 256 g/mol. The standard InChI is InChI=1S/C12H20N2O2S/c1-4-10(3)14-17(15,16)12-6-5-11(8-13)7-9(12)2/h5-7,10,14H,4,8,13H2,1-3H3. The fourth-order valence-corrected chi connectivity index (χ4v) is 3.11. The van der Waals surface area contributed by atoms with Gasteiger partial charge >= 0.3 is 0 Å². The molecule has 4 nitrogen and oxygen atoms in total. The van der Waals surface area contributed by atoms with Crippen molar-refractivity contribution in [3.05, 3.63) is 29.3 Å². The molecule has 0 bridgehead atoms. The van der Waals surface area contributed by atoms with Crippen molar-refractivity contribution >= 4 is 10.0 Å². The van der Waals surface area contributed by atoms with Crippen LogP contribution in [0.2, 0.25) is 0 Å². The minimum Gasteiger partial charge on any atom is -0.326 e. The van der Waals surface area contributed by atoms with Crippen molar-refractivity contribution in [2.75, 3.05) is 0 Å². The molecule has 0 heterocycles. The zero-order valence-corrected chi connectivity index (χ0v) is 11.3. The van der Waals surface area contributed by atoms with Gasteiger partial charge < -0.3 is 5.73 Å². The summed E-state index contributed by atoms with van der Waals surface area (Å²) in [7, 11) is -3.42. The highest BCUT2D eigenvalue weighted by molar-refractivity contribution is 7.89. The monoisotopic (exact) mass is 256 g/mol. The lowest BCUT2D eigenvalue weighted by Gasteiger charge is -2.14. The van der Waals surface area contributed by atoms with Crippen molar-refractivity contribution in [1.82, 2.24) is 4.72 Å². The summed E-state index contributed by atoms with van der Waals surface area (Å²) in [5.41, 5.74) is 7.18. The maximum atomic E-state index is 12.1. The average Bonchev–Trinajstić information content (AvgIpc) is 2.27. The van der Waals surface area contributed by atoms with Crippen molar-refractivity contribution in [3.63, 3.8) is 0 Å². The molecule has 1 rings (SSSR count). The highest BCUT2D eigenvalue weighted by atomic mass is 32.2. The number of benzene rings is 1. The number of nitrogens with one attached hydrogen (secondary N) is 1. The molecule has 1 aromatic carbocycles. The van der Waals surface area contributed by atoms with Crippen LogP contribution in [0.4, 0.5) is 0 Å². The van der Waals surface area contributed by atoms with Gasteiger partial charge in [-0.3, -0.25) is 0 Å². The van der Waals surface area contributed by atoms with E-state index in [1.54, 1.807) is 19.1 Å². The summed E-state index contributed by atoms with van der Waals surface area (Å²) in [6.45, 7) is 5.99. The SMILES string of the molecule is CCC(C)NS(=O)(=O)c1ccc(CN)cc1C. The first-order valence-corrected chi connectivity index (χ1v) is 7.21. The van der Waals surface area contributed by atoms with Gasteiger partial charge in [0.15, 0.2) is 0 Å². The van der Waals surface area contributed by atoms with Crippen LogP contribution in [0.1, 0.15) is 31.4 Å². The lowest BCUT2D eigenvalue weighted by Crippen LogP contribution is -2.32. The van der Waals surface area contributed by atoms with Crippen molar-refractivity contribution in [1.29, 1.82) is 0 Å². The summed E-state index contributed by atoms with van der Waals surface area (Å²) in [5.74, 6) is 0. The third kappa shape index (κ3) is 3.52. The predicted molar refractivity (Wildman–Crippen MR) is 69.1 cm³/mol. The molecule has 0 saturated carbocycles. The maximum Gasteiger partial charge on any atom is 0.241 e. The van der Waals surface area contributed by atoms with E-state index in [2.05, 4.69) is 4.72 Å². The Morgan fingerprint density at radius 3 is 2.53 bits per heavy atom. The summed E-state index contributed by atoms with van der Waals surface area (Å²) >= 11 is 0. The highest BCUT2D eigenvalue weighted by Gasteiger charge is 2.18. The zero-order chi connectivity index (χ0) is 13.1. The van der Waals surface area contributed by atoms with E-state index in [4.69, 9.17) is 5.73 Å². The third-order valence-corrected chi connectivity index (χ3v) is 4.48. The molecule has 1 aromatic rings. The van der Waals surface area contributed by atoms with E-state index in [0.29, 0.717) is 11.4 Å². The molecule has 17 heavy (non-hydrogen) atoms. The van der Waals surface area contributed by atoms with Crippen LogP contribution in [0, 0.1) is 6.92 Å². The van der Waals surface area contributed by atoms with Crippen LogP contribution >= 0.6 is 0 Å². The molecule has 0 saturated heterocycles. The maximum absolute atomic E-state index is 12.1. The normalized spacial score (nSPS) is 13.6. The number of hydrogen-bond acceptors (Lipinski definition) is 3. The van der Waals surface area contributed by atoms with Crippen LogP contribution in [0.3, 0.4) is 0 Å². The van der Waals surface area contributed by atoms with Gasteiger partial charge in [0.2, 0.25) is 10.0 Å². The molecule has 0 aliphatic heterocycles. The Kier molecular flexibility index (Phi) is 4.68. The molecule has 0 fully saturated rings. The van der Waals surface area contributed by atoms with Crippen LogP contribution in [0.25, 0.3) is 0 Å². The molecular formula is C12H20N2O2S. The summed E-state index contributed by atoms with van der Waals surface area (Å²) < 4.78 is 26.8. The van der Waals surface area contributed by atoms with Crippen LogP contribution in [-0.2, 0) is 16.6 Å². The number of rotatable bonds is 5. The fourth-order valence-electron chi connectivity index (χ4n) is 1.55. The molecule has 0 radical (unpaired) electrons. The van der Waals surface area contributed by atoms with Gasteiger partial charge in [0.05, 0.1) is 4.90 Å². The molecule has 0 aromatic heterocycles. The topological polar surface area (TPSA) is 72.2 Å². The second kappa shape index (κ2) is 5.62. The van der Waals surface area contributed by atoms with E-state index in [-0.39, 0.29) is 6.04 Å². The Morgan fingerprint density at radius 2 is 2.06 bits per heavy atom. The third-order valence-electron chi connectivity index (χ3n) is 2.73. The molecule has 0 aliphatic carbocycles. The minimum absolute atomic E-state index is 0.0615. The Labute approximate surface area is 103 Å². The van der Waals surface area contributed by atoms with Gasteiger partial charge in [0, 0.05) is 12.6 Å². The van der Waals surface area contributed by atoms with Crippen LogP contribution in [0.15, 0.2) is 23.1 Å². The van der Waals surface area contributed by atoms with Crippen LogP contribution in [0.5, 0.6) is 0 Å². The Bertz CT molecular complexity index is 483. The summed E-state index contributed by atoms with van der Waals surface area (Å²) in [6.07, 6.45) is 0.763. The second-order valence-electron chi connectivity index (χ2n) is 4.23.